The largest absolute Gasteiger partial charge is 2.00 e. The molecule has 0 radical (unpaired) electrons. The van der Waals surface area contributed by atoms with E-state index in [1.165, 1.54) is 5.56 Å². The summed E-state index contributed by atoms with van der Waals surface area (Å²) in [7, 11) is 0. The molecule has 0 aliphatic rings. The van der Waals surface area contributed by atoms with Crippen molar-refractivity contribution in [3.8, 4) is 0 Å². The van der Waals surface area contributed by atoms with Crippen LogP contribution in [0.15, 0.2) is 24.3 Å². The van der Waals surface area contributed by atoms with Crippen LogP contribution >= 0.6 is 0 Å². The van der Waals surface area contributed by atoms with Gasteiger partial charge in [0, 0.05) is 41.7 Å². The molecule has 14 heavy (non-hydrogen) atoms. The van der Waals surface area contributed by atoms with Crippen LogP contribution in [0.4, 0.5) is 0 Å². The van der Waals surface area contributed by atoms with Crippen molar-refractivity contribution in [2.45, 2.75) is 27.2 Å². The quantitative estimate of drug-likeness (QED) is 0.696. The van der Waals surface area contributed by atoms with Gasteiger partial charge in [-0.05, 0) is 0 Å². The summed E-state index contributed by atoms with van der Waals surface area (Å²) in [6, 6.07) is 8.41. The van der Waals surface area contributed by atoms with Crippen molar-refractivity contribution < 1.29 is 68.0 Å². The Labute approximate surface area is 141 Å². The molecule has 0 aromatic heterocycles. The number of nitrogens with zero attached hydrogens (tertiary/aromatic N) is 1. The van der Waals surface area contributed by atoms with Crippen LogP contribution in [-0.4, -0.2) is 13.1 Å². The molecule has 0 unspecified atom stereocenters. The van der Waals surface area contributed by atoms with Crippen LogP contribution in [0.3, 0.4) is 0 Å². The summed E-state index contributed by atoms with van der Waals surface area (Å²) < 4.78 is 0. The molecule has 0 spiro atoms. The molecule has 0 bridgehead atoms. The van der Waals surface area contributed by atoms with E-state index in [1.54, 1.807) is 0 Å². The Balaban J connectivity index is -0.000000159. The number of aryl methyl sites for hydroxylation is 1. The van der Waals surface area contributed by atoms with E-state index in [1.807, 2.05) is 13.8 Å². The fourth-order valence-corrected chi connectivity index (χ4v) is 0.873. The summed E-state index contributed by atoms with van der Waals surface area (Å²) in [6.45, 7) is 8.19. The van der Waals surface area contributed by atoms with Gasteiger partial charge in [-0.1, -0.05) is 27.2 Å². The second kappa shape index (κ2) is 17.0. The van der Waals surface area contributed by atoms with Gasteiger partial charge in [-0.2, -0.15) is 30.8 Å². The molecule has 1 aromatic carbocycles. The Kier molecular flexibility index (Phi) is 25.4. The standard InChI is InChI=1S/C7H9.C4H10N.Ce.Zr/c1-2-7-5-3-4-6-7;1-3-5-4-2;;/h3-6H,2H2,1H3;3-4H2,1-2H3;;/q2*-1;;+2. The maximum atomic E-state index is 3.97. The first-order chi connectivity index (χ1) is 5.85. The van der Waals surface area contributed by atoms with Crippen molar-refractivity contribution in [2.24, 2.45) is 0 Å². The number of rotatable bonds is 3. The molecule has 0 saturated carbocycles. The molecule has 0 aliphatic heterocycles. The zero-order valence-electron chi connectivity index (χ0n) is 9.38. The van der Waals surface area contributed by atoms with Gasteiger partial charge >= 0.3 is 26.2 Å². The molecule has 0 heterocycles. The van der Waals surface area contributed by atoms with Crippen molar-refractivity contribution in [1.29, 1.82) is 0 Å². The Bertz CT molecular complexity index is 162. The molecule has 1 nitrogen and oxygen atoms in total. The first-order valence-corrected chi connectivity index (χ1v) is 4.68. The van der Waals surface area contributed by atoms with E-state index >= 15 is 0 Å². The minimum Gasteiger partial charge on any atom is -0.663 e. The van der Waals surface area contributed by atoms with E-state index in [0.717, 1.165) is 19.5 Å². The average molecular weight is 397 g/mol. The molecule has 1 aromatic rings. The summed E-state index contributed by atoms with van der Waals surface area (Å²) in [5, 5.41) is 3.97. The zero-order valence-corrected chi connectivity index (χ0v) is 15.0. The molecular weight excluding hydrogens is 377 g/mol. The second-order valence-corrected chi connectivity index (χ2v) is 2.50. The van der Waals surface area contributed by atoms with Crippen LogP contribution < -0.4 is 0 Å². The summed E-state index contributed by atoms with van der Waals surface area (Å²) in [4.78, 5) is 0. The summed E-state index contributed by atoms with van der Waals surface area (Å²) in [5.74, 6) is 0. The van der Waals surface area contributed by atoms with E-state index in [2.05, 4.69) is 36.5 Å². The fourth-order valence-electron chi connectivity index (χ4n) is 0.873. The Morgan fingerprint density at radius 1 is 1.00 bits per heavy atom. The Morgan fingerprint density at radius 2 is 1.43 bits per heavy atom. The minimum atomic E-state index is 0. The maximum absolute atomic E-state index is 3.97. The first kappa shape index (κ1) is 20.9. The monoisotopic (exact) mass is 395 g/mol. The van der Waals surface area contributed by atoms with Gasteiger partial charge in [0.2, 0.25) is 0 Å². The topological polar surface area (TPSA) is 14.1 Å². The minimum absolute atomic E-state index is 0. The smallest absolute Gasteiger partial charge is 0.663 e. The van der Waals surface area contributed by atoms with Crippen molar-refractivity contribution in [3.63, 3.8) is 0 Å². The molecule has 3 heteroatoms. The molecule has 0 N–H and O–H groups in total. The molecule has 0 amide bonds. The predicted molar refractivity (Wildman–Crippen MR) is 55.9 cm³/mol. The number of hydrogen-bond donors (Lipinski definition) is 0. The van der Waals surface area contributed by atoms with Gasteiger partial charge in [0.25, 0.3) is 0 Å². The van der Waals surface area contributed by atoms with E-state index in [0.29, 0.717) is 0 Å². The number of hydrogen-bond acceptors (Lipinski definition) is 0. The van der Waals surface area contributed by atoms with Crippen LogP contribution in [0.25, 0.3) is 5.32 Å². The molecular formula is C11H19CeNZr. The normalized spacial score (nSPS) is 7.64. The fraction of sp³-hybridized carbons (Fsp3) is 0.545. The molecule has 0 fully saturated rings. The summed E-state index contributed by atoms with van der Waals surface area (Å²) >= 11 is 0. The molecule has 76 valence electrons. The van der Waals surface area contributed by atoms with Crippen molar-refractivity contribution >= 4 is 0 Å². The molecule has 1 rings (SSSR count). The van der Waals surface area contributed by atoms with Crippen LogP contribution in [0.1, 0.15) is 26.3 Å². The van der Waals surface area contributed by atoms with E-state index in [-0.39, 0.29) is 68.0 Å². The van der Waals surface area contributed by atoms with Crippen molar-refractivity contribution in [2.75, 3.05) is 13.1 Å². The summed E-state index contributed by atoms with van der Waals surface area (Å²) in [5.41, 5.74) is 1.43. The third kappa shape index (κ3) is 13.6. The average Bonchev–Trinajstić information content (AvgIpc) is 2.58. The SMILES string of the molecule is CC[N-]CC.CC[c-]1cccc1.[Ce].[Zr+2]. The van der Waals surface area contributed by atoms with Crippen LogP contribution in [0.5, 0.6) is 0 Å². The van der Waals surface area contributed by atoms with Crippen molar-refractivity contribution in [3.05, 3.63) is 35.1 Å². The maximum Gasteiger partial charge on any atom is 2.00 e. The first-order valence-electron chi connectivity index (χ1n) is 4.68. The Hall–Kier alpha value is 1.57. The summed E-state index contributed by atoms with van der Waals surface area (Å²) in [6.07, 6.45) is 1.16. The van der Waals surface area contributed by atoms with E-state index in [4.69, 9.17) is 0 Å². The Morgan fingerprint density at radius 3 is 1.57 bits per heavy atom. The predicted octanol–water partition coefficient (Wildman–Crippen LogP) is 3.37. The third-order valence-corrected chi connectivity index (χ3v) is 1.59. The molecule has 0 saturated heterocycles. The van der Waals surface area contributed by atoms with Gasteiger partial charge in [-0.15, -0.1) is 0 Å². The van der Waals surface area contributed by atoms with Gasteiger partial charge in [-0.3, -0.25) is 0 Å². The van der Waals surface area contributed by atoms with Gasteiger partial charge in [-0.25, -0.2) is 12.1 Å². The van der Waals surface area contributed by atoms with Gasteiger partial charge < -0.3 is 5.32 Å². The van der Waals surface area contributed by atoms with Gasteiger partial charge in [0.1, 0.15) is 0 Å². The van der Waals surface area contributed by atoms with Crippen LogP contribution in [-0.2, 0) is 32.6 Å². The molecule has 0 atom stereocenters. The second-order valence-electron chi connectivity index (χ2n) is 2.50. The van der Waals surface area contributed by atoms with Gasteiger partial charge in [0.15, 0.2) is 0 Å². The zero-order chi connectivity index (χ0) is 9.23. The van der Waals surface area contributed by atoms with Gasteiger partial charge in [0.05, 0.1) is 0 Å². The van der Waals surface area contributed by atoms with Crippen molar-refractivity contribution in [1.82, 2.24) is 0 Å². The van der Waals surface area contributed by atoms with E-state index in [9.17, 15) is 0 Å². The third-order valence-electron chi connectivity index (χ3n) is 1.59. The van der Waals surface area contributed by atoms with Crippen LogP contribution in [0.2, 0.25) is 0 Å². The van der Waals surface area contributed by atoms with Crippen LogP contribution in [0, 0.1) is 41.7 Å². The molecule has 0 aliphatic carbocycles. The van der Waals surface area contributed by atoms with E-state index < -0.39 is 0 Å².